The number of rotatable bonds is 2. The Morgan fingerprint density at radius 2 is 2.00 bits per heavy atom. The van der Waals surface area contributed by atoms with Crippen molar-refractivity contribution < 1.29 is 8.78 Å². The Bertz CT molecular complexity index is 547. The molecule has 1 aromatic heterocycles. The number of para-hydroxylation sites is 1. The molecule has 0 spiro atoms. The summed E-state index contributed by atoms with van der Waals surface area (Å²) in [7, 11) is 0. The summed E-state index contributed by atoms with van der Waals surface area (Å²) >= 11 is 0. The van der Waals surface area contributed by atoms with E-state index in [2.05, 4.69) is 4.98 Å². The summed E-state index contributed by atoms with van der Waals surface area (Å²) < 4.78 is 26.9. The number of hydrogen-bond donors (Lipinski definition) is 2. The van der Waals surface area contributed by atoms with Gasteiger partial charge in [-0.05, 0) is 11.6 Å². The molecule has 1 heterocycles. The Labute approximate surface area is 91.4 Å². The van der Waals surface area contributed by atoms with Gasteiger partial charge < -0.3 is 10.7 Å². The molecule has 4 heteroatoms. The van der Waals surface area contributed by atoms with E-state index in [-0.39, 0.29) is 13.0 Å². The fourth-order valence-corrected chi connectivity index (χ4v) is 2.43. The van der Waals surface area contributed by atoms with Gasteiger partial charge in [0.15, 0.2) is 0 Å². The number of fused-ring (bicyclic) bond motifs is 1. The Morgan fingerprint density at radius 1 is 1.31 bits per heavy atom. The first kappa shape index (κ1) is 9.78. The van der Waals surface area contributed by atoms with E-state index in [0.29, 0.717) is 5.56 Å². The van der Waals surface area contributed by atoms with Crippen LogP contribution in [0.5, 0.6) is 0 Å². The highest BCUT2D eigenvalue weighted by molar-refractivity contribution is 5.85. The molecular formula is C12H12F2N2. The molecule has 1 saturated carbocycles. The quantitative estimate of drug-likeness (QED) is 0.805. The predicted octanol–water partition coefficient (Wildman–Crippen LogP) is 2.40. The number of benzene rings is 1. The molecule has 2 nitrogen and oxygen atoms in total. The molecule has 84 valence electrons. The van der Waals surface area contributed by atoms with Gasteiger partial charge in [0.1, 0.15) is 0 Å². The van der Waals surface area contributed by atoms with Gasteiger partial charge in [-0.25, -0.2) is 8.78 Å². The van der Waals surface area contributed by atoms with Crippen molar-refractivity contribution in [2.24, 2.45) is 5.73 Å². The summed E-state index contributed by atoms with van der Waals surface area (Å²) in [6, 6.07) is 7.46. The summed E-state index contributed by atoms with van der Waals surface area (Å²) in [5.74, 6) is -2.66. The zero-order chi connectivity index (χ0) is 11.4. The van der Waals surface area contributed by atoms with Crippen LogP contribution in [0.15, 0.2) is 30.5 Å². The standard InChI is InChI=1S/C12H12F2N2/c13-12(14)6-11(12,7-15)9-5-16-10-4-2-1-3-8(9)10/h1-5,16H,6-7,15H2. The first-order chi connectivity index (χ1) is 7.61. The van der Waals surface area contributed by atoms with E-state index in [1.165, 1.54) is 0 Å². The van der Waals surface area contributed by atoms with E-state index in [1.807, 2.05) is 24.3 Å². The first-order valence-corrected chi connectivity index (χ1v) is 5.25. The molecule has 1 atom stereocenters. The number of nitrogens with one attached hydrogen (secondary N) is 1. The summed E-state index contributed by atoms with van der Waals surface area (Å²) in [6.07, 6.45) is 1.52. The third-order valence-corrected chi connectivity index (χ3v) is 3.55. The predicted molar refractivity (Wildman–Crippen MR) is 58.6 cm³/mol. The van der Waals surface area contributed by atoms with Crippen molar-refractivity contribution in [3.63, 3.8) is 0 Å². The SMILES string of the molecule is NCC1(c2c[nH]c3ccccc23)CC1(F)F. The summed E-state index contributed by atoms with van der Waals surface area (Å²) in [5, 5.41) is 0.852. The van der Waals surface area contributed by atoms with E-state index >= 15 is 0 Å². The van der Waals surface area contributed by atoms with Crippen molar-refractivity contribution in [2.75, 3.05) is 6.54 Å². The molecule has 0 aliphatic heterocycles. The number of hydrogen-bond acceptors (Lipinski definition) is 1. The molecule has 1 aliphatic carbocycles. The van der Waals surface area contributed by atoms with Crippen molar-refractivity contribution in [1.29, 1.82) is 0 Å². The number of halogens is 2. The van der Waals surface area contributed by atoms with E-state index in [4.69, 9.17) is 5.73 Å². The largest absolute Gasteiger partial charge is 0.361 e. The normalized spacial score (nSPS) is 27.2. The van der Waals surface area contributed by atoms with Gasteiger partial charge in [0.2, 0.25) is 0 Å². The molecule has 2 aromatic rings. The molecule has 1 aromatic carbocycles. The van der Waals surface area contributed by atoms with Gasteiger partial charge in [-0.15, -0.1) is 0 Å². The van der Waals surface area contributed by atoms with Crippen LogP contribution in [0, 0.1) is 0 Å². The molecular weight excluding hydrogens is 210 g/mol. The maximum atomic E-state index is 13.4. The van der Waals surface area contributed by atoms with Crippen LogP contribution in [-0.2, 0) is 5.41 Å². The zero-order valence-electron chi connectivity index (χ0n) is 8.63. The van der Waals surface area contributed by atoms with Crippen LogP contribution in [0.4, 0.5) is 8.78 Å². The number of alkyl halides is 2. The van der Waals surface area contributed by atoms with Gasteiger partial charge in [0, 0.05) is 30.1 Å². The minimum Gasteiger partial charge on any atom is -0.361 e. The summed E-state index contributed by atoms with van der Waals surface area (Å²) in [4.78, 5) is 3.02. The smallest absolute Gasteiger partial charge is 0.260 e. The Morgan fingerprint density at radius 3 is 2.62 bits per heavy atom. The van der Waals surface area contributed by atoms with Crippen molar-refractivity contribution >= 4 is 10.9 Å². The van der Waals surface area contributed by atoms with Crippen LogP contribution in [0.3, 0.4) is 0 Å². The van der Waals surface area contributed by atoms with Crippen molar-refractivity contribution in [3.8, 4) is 0 Å². The minimum atomic E-state index is -2.66. The van der Waals surface area contributed by atoms with Gasteiger partial charge >= 0.3 is 0 Å². The molecule has 1 fully saturated rings. The molecule has 0 amide bonds. The maximum Gasteiger partial charge on any atom is 0.260 e. The fraction of sp³-hybridized carbons (Fsp3) is 0.333. The fourth-order valence-electron chi connectivity index (χ4n) is 2.43. The van der Waals surface area contributed by atoms with E-state index in [1.54, 1.807) is 6.20 Å². The monoisotopic (exact) mass is 222 g/mol. The summed E-state index contributed by atoms with van der Waals surface area (Å²) in [5.41, 5.74) is 5.92. The number of H-pyrrole nitrogens is 1. The van der Waals surface area contributed by atoms with Crippen LogP contribution < -0.4 is 5.73 Å². The van der Waals surface area contributed by atoms with Crippen LogP contribution in [0.1, 0.15) is 12.0 Å². The van der Waals surface area contributed by atoms with Gasteiger partial charge in [0.25, 0.3) is 5.92 Å². The summed E-state index contributed by atoms with van der Waals surface area (Å²) in [6.45, 7) is -0.0121. The van der Waals surface area contributed by atoms with Crippen molar-refractivity contribution in [3.05, 3.63) is 36.0 Å². The highest BCUT2D eigenvalue weighted by atomic mass is 19.3. The lowest BCUT2D eigenvalue weighted by atomic mass is 9.95. The lowest BCUT2D eigenvalue weighted by molar-refractivity contribution is 0.0899. The van der Waals surface area contributed by atoms with Gasteiger partial charge in [-0.3, -0.25) is 0 Å². The molecule has 0 radical (unpaired) electrons. The Hall–Kier alpha value is -1.42. The van der Waals surface area contributed by atoms with E-state index < -0.39 is 11.3 Å². The average molecular weight is 222 g/mol. The van der Waals surface area contributed by atoms with Crippen molar-refractivity contribution in [1.82, 2.24) is 4.98 Å². The topological polar surface area (TPSA) is 41.8 Å². The van der Waals surface area contributed by atoms with E-state index in [9.17, 15) is 8.78 Å². The third kappa shape index (κ3) is 1.02. The van der Waals surface area contributed by atoms with E-state index in [0.717, 1.165) is 10.9 Å². The average Bonchev–Trinajstić information content (AvgIpc) is 2.67. The number of aromatic nitrogens is 1. The van der Waals surface area contributed by atoms with Crippen molar-refractivity contribution in [2.45, 2.75) is 17.8 Å². The second-order valence-corrected chi connectivity index (χ2v) is 4.42. The van der Waals surface area contributed by atoms with Crippen LogP contribution in [0.25, 0.3) is 10.9 Å². The zero-order valence-corrected chi connectivity index (χ0v) is 8.63. The molecule has 3 rings (SSSR count). The first-order valence-electron chi connectivity index (χ1n) is 5.25. The Kier molecular flexibility index (Phi) is 1.73. The highest BCUT2D eigenvalue weighted by Gasteiger charge is 2.71. The second-order valence-electron chi connectivity index (χ2n) is 4.42. The molecule has 0 saturated heterocycles. The molecule has 3 N–H and O–H groups in total. The van der Waals surface area contributed by atoms with Gasteiger partial charge in [-0.1, -0.05) is 18.2 Å². The highest BCUT2D eigenvalue weighted by Crippen LogP contribution is 2.61. The lowest BCUT2D eigenvalue weighted by Gasteiger charge is -2.12. The van der Waals surface area contributed by atoms with Gasteiger partial charge in [0.05, 0.1) is 5.41 Å². The third-order valence-electron chi connectivity index (χ3n) is 3.55. The van der Waals surface area contributed by atoms with Crippen LogP contribution in [-0.4, -0.2) is 17.5 Å². The minimum absolute atomic E-state index is 0.0121. The Balaban J connectivity index is 2.20. The number of nitrogens with two attached hydrogens (primary N) is 1. The van der Waals surface area contributed by atoms with Crippen LogP contribution in [0.2, 0.25) is 0 Å². The molecule has 1 aliphatic rings. The molecule has 16 heavy (non-hydrogen) atoms. The maximum absolute atomic E-state index is 13.4. The van der Waals surface area contributed by atoms with Crippen LogP contribution >= 0.6 is 0 Å². The second kappa shape index (κ2) is 2.83. The molecule has 0 bridgehead atoms. The lowest BCUT2D eigenvalue weighted by Crippen LogP contribution is -2.26. The van der Waals surface area contributed by atoms with Gasteiger partial charge in [-0.2, -0.15) is 0 Å². The number of aromatic amines is 1. The molecule has 1 unspecified atom stereocenters.